The second kappa shape index (κ2) is 5.02. The van der Waals surface area contributed by atoms with Crippen molar-refractivity contribution in [2.45, 2.75) is 6.42 Å². The van der Waals surface area contributed by atoms with Crippen molar-refractivity contribution in [1.82, 2.24) is 0 Å². The zero-order chi connectivity index (χ0) is 10.6. The van der Waals surface area contributed by atoms with Gasteiger partial charge in [-0.25, -0.2) is 8.78 Å². The first-order valence-electron chi connectivity index (χ1n) is 4.33. The van der Waals surface area contributed by atoms with E-state index in [1.54, 1.807) is 0 Å². The summed E-state index contributed by atoms with van der Waals surface area (Å²) in [6, 6.07) is 3.15. The highest BCUT2D eigenvalue weighted by atomic mass is 19.1. The third-order valence-electron chi connectivity index (χ3n) is 2.03. The van der Waals surface area contributed by atoms with Crippen molar-refractivity contribution in [1.29, 1.82) is 0 Å². The van der Waals surface area contributed by atoms with Crippen LogP contribution in [-0.4, -0.2) is 23.4 Å². The predicted octanol–water partition coefficient (Wildman–Crippen LogP) is 1.11. The maximum absolute atomic E-state index is 13.1. The molecule has 0 unspecified atom stereocenters. The molecule has 0 aliphatic heterocycles. The minimum absolute atomic E-state index is 0.136. The number of halogens is 2. The Labute approximate surface area is 80.8 Å². The lowest BCUT2D eigenvalue weighted by molar-refractivity contribution is 0.149. The van der Waals surface area contributed by atoms with E-state index in [4.69, 9.17) is 10.2 Å². The van der Waals surface area contributed by atoms with Gasteiger partial charge in [0, 0.05) is 19.1 Å². The topological polar surface area (TPSA) is 40.5 Å². The largest absolute Gasteiger partial charge is 0.396 e. The van der Waals surface area contributed by atoms with Gasteiger partial charge in [-0.1, -0.05) is 0 Å². The lowest BCUT2D eigenvalue weighted by Crippen LogP contribution is -2.14. The average Bonchev–Trinajstić information content (AvgIpc) is 2.19. The van der Waals surface area contributed by atoms with Crippen molar-refractivity contribution < 1.29 is 19.0 Å². The fraction of sp³-hybridized carbons (Fsp3) is 0.400. The molecule has 1 rings (SSSR count). The van der Waals surface area contributed by atoms with Crippen molar-refractivity contribution >= 4 is 0 Å². The average molecular weight is 202 g/mol. The molecule has 0 spiro atoms. The van der Waals surface area contributed by atoms with Gasteiger partial charge in [-0.3, -0.25) is 0 Å². The third-order valence-corrected chi connectivity index (χ3v) is 2.03. The highest BCUT2D eigenvalue weighted by molar-refractivity contribution is 5.19. The molecule has 1 aromatic carbocycles. The van der Waals surface area contributed by atoms with Gasteiger partial charge in [0.1, 0.15) is 11.6 Å². The molecule has 0 radical (unpaired) electrons. The maximum atomic E-state index is 13.1. The number of aliphatic hydroxyl groups excluding tert-OH is 2. The van der Waals surface area contributed by atoms with E-state index in [1.165, 1.54) is 0 Å². The molecule has 0 saturated carbocycles. The van der Waals surface area contributed by atoms with Gasteiger partial charge in [-0.2, -0.15) is 0 Å². The Morgan fingerprint density at radius 1 is 1.14 bits per heavy atom. The summed E-state index contributed by atoms with van der Waals surface area (Å²) in [5.41, 5.74) is 0.179. The van der Waals surface area contributed by atoms with Crippen LogP contribution in [0.5, 0.6) is 0 Å². The van der Waals surface area contributed by atoms with Crippen molar-refractivity contribution in [2.24, 2.45) is 5.92 Å². The van der Waals surface area contributed by atoms with Gasteiger partial charge in [0.15, 0.2) is 0 Å². The number of aliphatic hydroxyl groups is 2. The Balaban J connectivity index is 2.79. The molecule has 0 saturated heterocycles. The molecule has 78 valence electrons. The van der Waals surface area contributed by atoms with Gasteiger partial charge in [0.05, 0.1) is 0 Å². The summed E-state index contributed by atoms with van der Waals surface area (Å²) in [6.45, 7) is -0.487. The van der Waals surface area contributed by atoms with Gasteiger partial charge >= 0.3 is 0 Å². The number of benzene rings is 1. The van der Waals surface area contributed by atoms with E-state index in [9.17, 15) is 8.78 Å². The molecular formula is C10H12F2O2. The summed E-state index contributed by atoms with van der Waals surface area (Å²) in [5, 5.41) is 17.5. The van der Waals surface area contributed by atoms with Crippen LogP contribution in [0.3, 0.4) is 0 Å². The predicted molar refractivity (Wildman–Crippen MR) is 47.7 cm³/mol. The normalized spacial score (nSPS) is 10.9. The molecule has 2 N–H and O–H groups in total. The van der Waals surface area contributed by atoms with Crippen molar-refractivity contribution in [2.75, 3.05) is 13.2 Å². The fourth-order valence-corrected chi connectivity index (χ4v) is 1.20. The first-order valence-corrected chi connectivity index (χ1v) is 4.33. The van der Waals surface area contributed by atoms with Crippen LogP contribution in [-0.2, 0) is 6.42 Å². The van der Waals surface area contributed by atoms with E-state index < -0.39 is 17.6 Å². The van der Waals surface area contributed by atoms with Crippen LogP contribution in [0.15, 0.2) is 18.2 Å². The van der Waals surface area contributed by atoms with Crippen LogP contribution in [0.4, 0.5) is 8.78 Å². The lowest BCUT2D eigenvalue weighted by atomic mass is 10.0. The summed E-state index contributed by atoms with van der Waals surface area (Å²) in [5.74, 6) is -1.47. The maximum Gasteiger partial charge on any atom is 0.126 e. The number of hydrogen-bond donors (Lipinski definition) is 2. The molecule has 0 atom stereocenters. The van der Waals surface area contributed by atoms with Crippen LogP contribution in [0, 0.1) is 17.6 Å². The Bertz CT molecular complexity index is 298. The molecule has 0 aliphatic carbocycles. The summed E-state index contributed by atoms with van der Waals surface area (Å²) in [6.07, 6.45) is 0.136. The minimum atomic E-state index is -0.518. The summed E-state index contributed by atoms with van der Waals surface area (Å²) in [7, 11) is 0. The first kappa shape index (κ1) is 11.1. The molecule has 0 fully saturated rings. The minimum Gasteiger partial charge on any atom is -0.396 e. The van der Waals surface area contributed by atoms with E-state index in [0.29, 0.717) is 0 Å². The molecule has 0 aliphatic rings. The zero-order valence-corrected chi connectivity index (χ0v) is 7.58. The van der Waals surface area contributed by atoms with Gasteiger partial charge in [0.25, 0.3) is 0 Å². The molecule has 1 aromatic rings. The van der Waals surface area contributed by atoms with Crippen molar-refractivity contribution in [3.8, 4) is 0 Å². The Hall–Kier alpha value is -1.00. The van der Waals surface area contributed by atoms with Crippen molar-refractivity contribution in [3.05, 3.63) is 35.4 Å². The van der Waals surface area contributed by atoms with Gasteiger partial charge < -0.3 is 10.2 Å². The second-order valence-electron chi connectivity index (χ2n) is 3.17. The summed E-state index contributed by atoms with van der Waals surface area (Å²) >= 11 is 0. The van der Waals surface area contributed by atoms with E-state index in [1.807, 2.05) is 0 Å². The van der Waals surface area contributed by atoms with Gasteiger partial charge in [0.2, 0.25) is 0 Å². The molecule has 0 heterocycles. The monoisotopic (exact) mass is 202 g/mol. The van der Waals surface area contributed by atoms with Gasteiger partial charge in [-0.05, 0) is 30.2 Å². The quantitative estimate of drug-likeness (QED) is 0.767. The molecule has 0 amide bonds. The molecule has 0 aromatic heterocycles. The Morgan fingerprint density at radius 2 is 1.79 bits per heavy atom. The van der Waals surface area contributed by atoms with Gasteiger partial charge in [-0.15, -0.1) is 0 Å². The van der Waals surface area contributed by atoms with Crippen molar-refractivity contribution in [3.63, 3.8) is 0 Å². The summed E-state index contributed by atoms with van der Waals surface area (Å²) < 4.78 is 25.8. The van der Waals surface area contributed by atoms with E-state index in [-0.39, 0.29) is 25.2 Å². The Kier molecular flexibility index (Phi) is 3.98. The second-order valence-corrected chi connectivity index (χ2v) is 3.17. The van der Waals surface area contributed by atoms with Crippen LogP contribution >= 0.6 is 0 Å². The van der Waals surface area contributed by atoms with E-state index in [2.05, 4.69) is 0 Å². The smallest absolute Gasteiger partial charge is 0.126 e. The molecule has 0 bridgehead atoms. The number of rotatable bonds is 4. The van der Waals surface area contributed by atoms with E-state index in [0.717, 1.165) is 18.2 Å². The van der Waals surface area contributed by atoms with Crippen LogP contribution < -0.4 is 0 Å². The van der Waals surface area contributed by atoms with Crippen LogP contribution in [0.1, 0.15) is 5.56 Å². The highest BCUT2D eigenvalue weighted by Crippen LogP contribution is 2.14. The highest BCUT2D eigenvalue weighted by Gasteiger charge is 2.11. The van der Waals surface area contributed by atoms with Crippen LogP contribution in [0.25, 0.3) is 0 Å². The third kappa shape index (κ3) is 2.75. The SMILES string of the molecule is OCC(CO)Cc1cc(F)ccc1F. The molecule has 4 heteroatoms. The summed E-state index contributed by atoms with van der Waals surface area (Å²) in [4.78, 5) is 0. The molecular weight excluding hydrogens is 190 g/mol. The fourth-order valence-electron chi connectivity index (χ4n) is 1.20. The first-order chi connectivity index (χ1) is 6.67. The van der Waals surface area contributed by atoms with E-state index >= 15 is 0 Å². The standard InChI is InChI=1S/C10H12F2O2/c11-9-1-2-10(12)8(4-9)3-7(5-13)6-14/h1-2,4,7,13-14H,3,5-6H2. The number of hydrogen-bond acceptors (Lipinski definition) is 2. The van der Waals surface area contributed by atoms with Crippen LogP contribution in [0.2, 0.25) is 0 Å². The Morgan fingerprint density at radius 3 is 2.36 bits per heavy atom. The molecule has 2 nitrogen and oxygen atoms in total. The zero-order valence-electron chi connectivity index (χ0n) is 7.58. The lowest BCUT2D eigenvalue weighted by Gasteiger charge is -2.11. The molecule has 14 heavy (non-hydrogen) atoms.